The first-order chi connectivity index (χ1) is 9.08. The Hall–Kier alpha value is -1.82. The monoisotopic (exact) mass is 282 g/mol. The summed E-state index contributed by atoms with van der Waals surface area (Å²) in [4.78, 5) is 18.1. The van der Waals surface area contributed by atoms with Gasteiger partial charge in [0, 0.05) is 13.6 Å². The summed E-state index contributed by atoms with van der Waals surface area (Å²) in [7, 11) is 1.88. The van der Waals surface area contributed by atoms with Gasteiger partial charge in [0.15, 0.2) is 5.65 Å². The Balaban J connectivity index is 2.65. The third-order valence-electron chi connectivity index (χ3n) is 2.79. The molecule has 2 heterocycles. The Kier molecular flexibility index (Phi) is 3.90. The zero-order valence-electron chi connectivity index (χ0n) is 11.1. The Bertz CT molecular complexity index is 611. The second kappa shape index (κ2) is 5.44. The van der Waals surface area contributed by atoms with Gasteiger partial charge in [-0.15, -0.1) is 0 Å². The number of rotatable bonds is 4. The van der Waals surface area contributed by atoms with Crippen molar-refractivity contribution in [3.05, 3.63) is 23.1 Å². The summed E-state index contributed by atoms with van der Waals surface area (Å²) in [5, 5.41) is 4.46. The molecule has 0 aliphatic rings. The Morgan fingerprint density at radius 1 is 1.53 bits per heavy atom. The largest absolute Gasteiger partial charge is 0.462 e. The molecule has 0 unspecified atom stereocenters. The van der Waals surface area contributed by atoms with Gasteiger partial charge in [-0.05, 0) is 13.8 Å². The number of hydrogen-bond acceptors (Lipinski definition) is 5. The average Bonchev–Trinajstić information content (AvgIpc) is 2.77. The average molecular weight is 283 g/mol. The maximum atomic E-state index is 12.0. The molecule has 0 aromatic carbocycles. The van der Waals surface area contributed by atoms with Crippen LogP contribution in [-0.2, 0) is 4.74 Å². The van der Waals surface area contributed by atoms with Gasteiger partial charge in [0.1, 0.15) is 10.7 Å². The lowest BCUT2D eigenvalue weighted by molar-refractivity contribution is 0.0526. The van der Waals surface area contributed by atoms with Gasteiger partial charge in [0.25, 0.3) is 0 Å². The third kappa shape index (κ3) is 2.49. The highest BCUT2D eigenvalue weighted by Gasteiger charge is 2.20. The molecule has 0 fully saturated rings. The number of fused-ring (bicyclic) bond motifs is 1. The van der Waals surface area contributed by atoms with Crippen molar-refractivity contribution in [3.63, 3.8) is 0 Å². The molecule has 7 heteroatoms. The molecule has 0 aliphatic carbocycles. The third-order valence-corrected chi connectivity index (χ3v) is 2.97. The Labute approximate surface area is 115 Å². The summed E-state index contributed by atoms with van der Waals surface area (Å²) in [6, 6.07) is 0. The van der Waals surface area contributed by atoms with Crippen LogP contribution < -0.4 is 4.90 Å². The zero-order chi connectivity index (χ0) is 14.0. The van der Waals surface area contributed by atoms with E-state index in [1.54, 1.807) is 17.6 Å². The number of esters is 1. The molecular weight excluding hydrogens is 268 g/mol. The highest BCUT2D eigenvalue weighted by atomic mass is 35.5. The van der Waals surface area contributed by atoms with Gasteiger partial charge in [-0.3, -0.25) is 0 Å². The van der Waals surface area contributed by atoms with E-state index >= 15 is 0 Å². The summed E-state index contributed by atoms with van der Waals surface area (Å²) in [5.41, 5.74) is 1.60. The second-order valence-electron chi connectivity index (χ2n) is 3.97. The summed E-state index contributed by atoms with van der Waals surface area (Å²) in [5.74, 6) is -0.410. The van der Waals surface area contributed by atoms with Crippen LogP contribution in [-0.4, -0.2) is 40.8 Å². The SMILES string of the molecule is CCOC(=O)c1cnn2cc(Cl)nc2c1N(C)CC. The molecular formula is C12H15ClN4O2. The minimum Gasteiger partial charge on any atom is -0.462 e. The molecule has 0 N–H and O–H groups in total. The van der Waals surface area contributed by atoms with Crippen LogP contribution in [0.4, 0.5) is 5.69 Å². The van der Waals surface area contributed by atoms with Crippen LogP contribution in [0.15, 0.2) is 12.4 Å². The van der Waals surface area contributed by atoms with Crippen molar-refractivity contribution < 1.29 is 9.53 Å². The van der Waals surface area contributed by atoms with E-state index in [0.29, 0.717) is 28.7 Å². The smallest absolute Gasteiger partial charge is 0.342 e. The van der Waals surface area contributed by atoms with E-state index < -0.39 is 5.97 Å². The summed E-state index contributed by atoms with van der Waals surface area (Å²) >= 11 is 5.89. The van der Waals surface area contributed by atoms with E-state index in [1.807, 2.05) is 18.9 Å². The van der Waals surface area contributed by atoms with Crippen molar-refractivity contribution >= 4 is 28.9 Å². The molecule has 6 nitrogen and oxygen atoms in total. The van der Waals surface area contributed by atoms with E-state index in [2.05, 4.69) is 10.1 Å². The number of hydrogen-bond donors (Lipinski definition) is 0. The summed E-state index contributed by atoms with van der Waals surface area (Å²) in [6.45, 7) is 4.78. The van der Waals surface area contributed by atoms with Crippen LogP contribution in [0.5, 0.6) is 0 Å². The van der Waals surface area contributed by atoms with Gasteiger partial charge in [-0.1, -0.05) is 11.6 Å². The van der Waals surface area contributed by atoms with Crippen molar-refractivity contribution in [2.24, 2.45) is 0 Å². The first kappa shape index (κ1) is 13.6. The van der Waals surface area contributed by atoms with Gasteiger partial charge in [-0.2, -0.15) is 5.10 Å². The minimum atomic E-state index is -0.410. The normalized spacial score (nSPS) is 10.7. The van der Waals surface area contributed by atoms with Crippen LogP contribution in [0.1, 0.15) is 24.2 Å². The zero-order valence-corrected chi connectivity index (χ0v) is 11.8. The van der Waals surface area contributed by atoms with E-state index in [1.165, 1.54) is 6.20 Å². The van der Waals surface area contributed by atoms with E-state index in [9.17, 15) is 4.79 Å². The van der Waals surface area contributed by atoms with Crippen LogP contribution in [0.2, 0.25) is 5.15 Å². The van der Waals surface area contributed by atoms with Crippen LogP contribution in [0.3, 0.4) is 0 Å². The molecule has 2 rings (SSSR count). The van der Waals surface area contributed by atoms with E-state index in [-0.39, 0.29) is 0 Å². The summed E-state index contributed by atoms with van der Waals surface area (Å²) < 4.78 is 6.59. The quantitative estimate of drug-likeness (QED) is 0.803. The minimum absolute atomic E-state index is 0.314. The fourth-order valence-corrected chi connectivity index (χ4v) is 1.96. The van der Waals surface area contributed by atoms with Crippen molar-refractivity contribution in [2.75, 3.05) is 25.1 Å². The maximum Gasteiger partial charge on any atom is 0.342 e. The number of imidazole rings is 1. The number of aromatic nitrogens is 3. The molecule has 0 bridgehead atoms. The van der Waals surface area contributed by atoms with Gasteiger partial charge in [-0.25, -0.2) is 14.3 Å². The van der Waals surface area contributed by atoms with Gasteiger partial charge >= 0.3 is 5.97 Å². The molecule has 0 spiro atoms. The van der Waals surface area contributed by atoms with Gasteiger partial charge < -0.3 is 9.64 Å². The predicted molar refractivity (Wildman–Crippen MR) is 72.9 cm³/mol. The van der Waals surface area contributed by atoms with Gasteiger partial charge in [0.2, 0.25) is 0 Å². The Morgan fingerprint density at radius 3 is 2.89 bits per heavy atom. The number of nitrogens with zero attached hydrogens (tertiary/aromatic N) is 4. The number of carbonyl (C=O) groups excluding carboxylic acids is 1. The topological polar surface area (TPSA) is 59.7 Å². The molecule has 19 heavy (non-hydrogen) atoms. The standard InChI is InChI=1S/C12H15ClN4O2/c1-4-16(3)10-8(12(18)19-5-2)6-14-17-7-9(13)15-11(10)17/h6-7H,4-5H2,1-3H3. The predicted octanol–water partition coefficient (Wildman–Crippen LogP) is 2.02. The lowest BCUT2D eigenvalue weighted by Gasteiger charge is -2.19. The molecule has 0 atom stereocenters. The fraction of sp³-hybridized carbons (Fsp3) is 0.417. The van der Waals surface area contributed by atoms with Crippen LogP contribution in [0, 0.1) is 0 Å². The lowest BCUT2D eigenvalue weighted by Crippen LogP contribution is -2.21. The van der Waals surface area contributed by atoms with Gasteiger partial charge in [0.05, 0.1) is 24.7 Å². The fourth-order valence-electron chi connectivity index (χ4n) is 1.79. The van der Waals surface area contributed by atoms with Crippen molar-refractivity contribution in [1.29, 1.82) is 0 Å². The van der Waals surface area contributed by atoms with Crippen molar-refractivity contribution in [2.45, 2.75) is 13.8 Å². The molecule has 2 aromatic heterocycles. The molecule has 0 aliphatic heterocycles. The number of anilines is 1. The van der Waals surface area contributed by atoms with Crippen LogP contribution >= 0.6 is 11.6 Å². The first-order valence-electron chi connectivity index (χ1n) is 6.00. The number of carbonyl (C=O) groups is 1. The number of halogens is 1. The number of ether oxygens (including phenoxy) is 1. The molecule has 102 valence electrons. The molecule has 0 saturated heterocycles. The first-order valence-corrected chi connectivity index (χ1v) is 6.38. The second-order valence-corrected chi connectivity index (χ2v) is 4.36. The molecule has 2 aromatic rings. The highest BCUT2D eigenvalue weighted by Crippen LogP contribution is 2.26. The van der Waals surface area contributed by atoms with E-state index in [4.69, 9.17) is 16.3 Å². The Morgan fingerprint density at radius 2 is 2.26 bits per heavy atom. The molecule has 0 saturated carbocycles. The highest BCUT2D eigenvalue weighted by molar-refractivity contribution is 6.29. The molecule has 0 radical (unpaired) electrons. The van der Waals surface area contributed by atoms with Crippen molar-refractivity contribution in [1.82, 2.24) is 14.6 Å². The van der Waals surface area contributed by atoms with Crippen molar-refractivity contribution in [3.8, 4) is 0 Å². The van der Waals surface area contributed by atoms with Crippen LogP contribution in [0.25, 0.3) is 5.65 Å². The summed E-state index contributed by atoms with van der Waals surface area (Å²) in [6.07, 6.45) is 3.07. The molecule has 0 amide bonds. The van der Waals surface area contributed by atoms with E-state index in [0.717, 1.165) is 6.54 Å². The maximum absolute atomic E-state index is 12.0. The lowest BCUT2D eigenvalue weighted by atomic mass is 10.2.